The van der Waals surface area contributed by atoms with Crippen molar-refractivity contribution in [1.82, 2.24) is 15.0 Å². The van der Waals surface area contributed by atoms with Gasteiger partial charge in [-0.1, -0.05) is 12.1 Å². The number of nitrogens with zero attached hydrogens (tertiary/aromatic N) is 6. The van der Waals surface area contributed by atoms with Crippen LogP contribution in [-0.4, -0.2) is 73.1 Å². The van der Waals surface area contributed by atoms with E-state index in [9.17, 15) is 30.7 Å². The van der Waals surface area contributed by atoms with Gasteiger partial charge in [0, 0.05) is 36.5 Å². The molecule has 0 unspecified atom stereocenters. The molecule has 1 aliphatic heterocycles. The number of hydrogen-bond donors (Lipinski definition) is 5. The molecule has 19 heteroatoms. The lowest BCUT2D eigenvalue weighted by atomic mass is 10.1. The Morgan fingerprint density at radius 2 is 1.66 bits per heavy atom. The fourth-order valence-corrected chi connectivity index (χ4v) is 5.80. The normalized spacial score (nSPS) is 14.2. The molecule has 3 aromatic carbocycles. The van der Waals surface area contributed by atoms with Crippen LogP contribution < -0.4 is 21.3 Å². The van der Waals surface area contributed by atoms with Crippen molar-refractivity contribution in [1.29, 1.82) is 0 Å². The summed E-state index contributed by atoms with van der Waals surface area (Å²) in [5.41, 5.74) is 6.48. The Balaban J connectivity index is 1.51. The molecule has 1 aromatic heterocycles. The van der Waals surface area contributed by atoms with Gasteiger partial charge < -0.3 is 26.0 Å². The lowest BCUT2D eigenvalue weighted by Gasteiger charge is -2.26. The predicted molar refractivity (Wildman–Crippen MR) is 159 cm³/mol. The minimum absolute atomic E-state index is 0.00620. The van der Waals surface area contributed by atoms with Gasteiger partial charge in [0.2, 0.25) is 23.8 Å². The molecule has 1 amide bonds. The second-order valence-corrected chi connectivity index (χ2v) is 12.2. The Labute approximate surface area is 250 Å². The number of aromatic nitrogens is 3. The zero-order valence-corrected chi connectivity index (χ0v) is 24.5. The van der Waals surface area contributed by atoms with Crippen molar-refractivity contribution in [3.05, 3.63) is 48.5 Å². The molecule has 0 saturated carbocycles. The Morgan fingerprint density at radius 1 is 0.932 bits per heavy atom. The number of morpholine rings is 1. The second-order valence-electron chi connectivity index (χ2n) is 9.40. The van der Waals surface area contributed by atoms with E-state index >= 15 is 0 Å². The number of benzene rings is 3. The SMILES string of the molecule is CC(=O)Nc1cc(Nc2nc(N)nc(N3CCOCC3)n2)ccc1N=Nc1cc(S(=O)(=O)O)c2cccc(S(=O)(=O)O)c2c1. The standard InChI is InChI=1S/C25H25N9O8S2/c1-14(35)27-20-12-15(28-24-29-23(26)30-25(31-24)34-7-9-42-10-8-34)5-6-19(20)33-32-16-11-18-17(22(13-16)44(39,40)41)3-2-4-21(18)43(36,37)38/h2-6,11-13H,7-10H2,1H3,(H,27,35)(H,36,37,38)(H,39,40,41)(H3,26,28,29,30,31). The fraction of sp³-hybridized carbons (Fsp3) is 0.200. The molecule has 0 aliphatic carbocycles. The monoisotopic (exact) mass is 643 g/mol. The maximum absolute atomic E-state index is 12.1. The van der Waals surface area contributed by atoms with Crippen molar-refractivity contribution in [3.8, 4) is 0 Å². The summed E-state index contributed by atoms with van der Waals surface area (Å²) in [7, 11) is -9.62. The number of anilines is 5. The molecule has 230 valence electrons. The lowest BCUT2D eigenvalue weighted by molar-refractivity contribution is -0.114. The van der Waals surface area contributed by atoms with Gasteiger partial charge in [-0.2, -0.15) is 36.9 Å². The van der Waals surface area contributed by atoms with Crippen molar-refractivity contribution in [2.45, 2.75) is 16.7 Å². The van der Waals surface area contributed by atoms with Gasteiger partial charge in [0.1, 0.15) is 15.5 Å². The predicted octanol–water partition coefficient (Wildman–Crippen LogP) is 3.05. The van der Waals surface area contributed by atoms with E-state index in [0.717, 1.165) is 12.1 Å². The molecule has 5 rings (SSSR count). The summed E-state index contributed by atoms with van der Waals surface area (Å²) in [6.45, 7) is 3.47. The summed E-state index contributed by atoms with van der Waals surface area (Å²) in [5.74, 6) is 0.0707. The number of nitrogen functional groups attached to an aromatic ring is 1. The first-order valence-corrected chi connectivity index (χ1v) is 15.6. The van der Waals surface area contributed by atoms with Crippen molar-refractivity contribution in [2.75, 3.05) is 47.6 Å². The topological polar surface area (TPSA) is 252 Å². The van der Waals surface area contributed by atoms with Crippen LogP contribution in [0.25, 0.3) is 10.8 Å². The molecule has 6 N–H and O–H groups in total. The average Bonchev–Trinajstić information content (AvgIpc) is 2.95. The van der Waals surface area contributed by atoms with Crippen LogP contribution in [0.5, 0.6) is 0 Å². The van der Waals surface area contributed by atoms with E-state index in [1.165, 1.54) is 37.3 Å². The summed E-state index contributed by atoms with van der Waals surface area (Å²) >= 11 is 0. The minimum atomic E-state index is -4.85. The van der Waals surface area contributed by atoms with E-state index in [-0.39, 0.29) is 39.7 Å². The molecule has 1 saturated heterocycles. The Kier molecular flexibility index (Phi) is 8.39. The highest BCUT2D eigenvalue weighted by atomic mass is 32.2. The number of hydrogen-bond acceptors (Lipinski definition) is 14. The second kappa shape index (κ2) is 12.1. The van der Waals surface area contributed by atoms with Crippen LogP contribution in [-0.2, 0) is 29.8 Å². The number of rotatable bonds is 8. The van der Waals surface area contributed by atoms with Crippen molar-refractivity contribution >= 4 is 77.5 Å². The Hall–Kier alpha value is -4.82. The molecule has 0 atom stereocenters. The van der Waals surface area contributed by atoms with Crippen LogP contribution in [0.1, 0.15) is 6.92 Å². The zero-order chi connectivity index (χ0) is 31.6. The third-order valence-electron chi connectivity index (χ3n) is 6.23. The molecule has 0 bridgehead atoms. The number of fused-ring (bicyclic) bond motifs is 1. The molecule has 1 aliphatic rings. The Bertz CT molecular complexity index is 2020. The molecule has 2 heterocycles. The number of nitrogens with two attached hydrogens (primary N) is 1. The van der Waals surface area contributed by atoms with E-state index in [2.05, 4.69) is 35.8 Å². The summed E-state index contributed by atoms with van der Waals surface area (Å²) in [5, 5.41) is 13.4. The first-order valence-electron chi connectivity index (χ1n) is 12.7. The third-order valence-corrected chi connectivity index (χ3v) is 8.04. The summed E-state index contributed by atoms with van der Waals surface area (Å²) in [4.78, 5) is 25.3. The first kappa shape index (κ1) is 30.6. The fourth-order valence-electron chi connectivity index (χ4n) is 4.38. The number of nitrogens with one attached hydrogen (secondary N) is 2. The number of amides is 1. The summed E-state index contributed by atoms with van der Waals surface area (Å²) < 4.78 is 72.9. The number of carbonyl (C=O) groups is 1. The molecule has 17 nitrogen and oxygen atoms in total. The number of ether oxygens (including phenoxy) is 1. The Morgan fingerprint density at radius 3 is 2.34 bits per heavy atom. The lowest BCUT2D eigenvalue weighted by Crippen LogP contribution is -2.37. The highest BCUT2D eigenvalue weighted by Gasteiger charge is 2.21. The van der Waals surface area contributed by atoms with Gasteiger partial charge in [-0.05, 0) is 36.4 Å². The molecule has 0 radical (unpaired) electrons. The summed E-state index contributed by atoms with van der Waals surface area (Å²) in [6, 6.07) is 10.3. The maximum atomic E-state index is 12.1. The molecule has 44 heavy (non-hydrogen) atoms. The van der Waals surface area contributed by atoms with Crippen molar-refractivity contribution < 1.29 is 35.5 Å². The first-order chi connectivity index (χ1) is 20.8. The third kappa shape index (κ3) is 7.03. The van der Waals surface area contributed by atoms with Gasteiger partial charge in [-0.15, -0.1) is 5.11 Å². The molecular weight excluding hydrogens is 618 g/mol. The highest BCUT2D eigenvalue weighted by Crippen LogP contribution is 2.35. The largest absolute Gasteiger partial charge is 0.378 e. The van der Waals surface area contributed by atoms with E-state index < -0.39 is 35.9 Å². The van der Waals surface area contributed by atoms with Crippen LogP contribution in [0.4, 0.5) is 40.6 Å². The van der Waals surface area contributed by atoms with Crippen molar-refractivity contribution in [2.24, 2.45) is 10.2 Å². The van der Waals surface area contributed by atoms with Gasteiger partial charge in [0.15, 0.2) is 0 Å². The van der Waals surface area contributed by atoms with Crippen LogP contribution >= 0.6 is 0 Å². The van der Waals surface area contributed by atoms with Crippen LogP contribution in [0.15, 0.2) is 68.6 Å². The van der Waals surface area contributed by atoms with Gasteiger partial charge in [-0.25, -0.2) is 0 Å². The molecule has 4 aromatic rings. The van der Waals surface area contributed by atoms with Crippen LogP contribution in [0.2, 0.25) is 0 Å². The van der Waals surface area contributed by atoms with Crippen LogP contribution in [0.3, 0.4) is 0 Å². The van der Waals surface area contributed by atoms with E-state index in [1.54, 1.807) is 6.07 Å². The van der Waals surface area contributed by atoms with E-state index in [1.807, 2.05) is 4.90 Å². The van der Waals surface area contributed by atoms with E-state index in [4.69, 9.17) is 10.5 Å². The summed E-state index contributed by atoms with van der Waals surface area (Å²) in [6.07, 6.45) is 0. The van der Waals surface area contributed by atoms with Crippen LogP contribution in [0, 0.1) is 0 Å². The molecule has 0 spiro atoms. The van der Waals surface area contributed by atoms with Gasteiger partial charge >= 0.3 is 0 Å². The van der Waals surface area contributed by atoms with Gasteiger partial charge in [0.05, 0.1) is 24.6 Å². The smallest absolute Gasteiger partial charge is 0.295 e. The quantitative estimate of drug-likeness (QED) is 0.137. The average molecular weight is 644 g/mol. The van der Waals surface area contributed by atoms with Crippen molar-refractivity contribution in [3.63, 3.8) is 0 Å². The molecular formula is C25H25N9O8S2. The highest BCUT2D eigenvalue weighted by molar-refractivity contribution is 7.86. The number of carbonyl (C=O) groups excluding carboxylic acids is 1. The van der Waals surface area contributed by atoms with Gasteiger partial charge in [0.25, 0.3) is 20.2 Å². The zero-order valence-electron chi connectivity index (χ0n) is 22.9. The maximum Gasteiger partial charge on any atom is 0.295 e. The molecule has 1 fully saturated rings. The minimum Gasteiger partial charge on any atom is -0.378 e. The van der Waals surface area contributed by atoms with E-state index in [0.29, 0.717) is 37.9 Å². The van der Waals surface area contributed by atoms with Gasteiger partial charge in [-0.3, -0.25) is 13.9 Å². The number of azo groups is 1.